The maximum atomic E-state index is 13.3. The zero-order valence-electron chi connectivity index (χ0n) is 15.3. The summed E-state index contributed by atoms with van der Waals surface area (Å²) in [4.78, 5) is 15.1. The third kappa shape index (κ3) is 2.23. The lowest BCUT2D eigenvalue weighted by Crippen LogP contribution is -2.37. The molecule has 3 aromatic heterocycles. The molecule has 2 atom stereocenters. The van der Waals surface area contributed by atoms with Crippen LogP contribution in [0.3, 0.4) is 0 Å². The molecule has 5 rings (SSSR count). The highest BCUT2D eigenvalue weighted by Gasteiger charge is 2.59. The van der Waals surface area contributed by atoms with E-state index in [1.54, 1.807) is 15.4 Å². The van der Waals surface area contributed by atoms with Gasteiger partial charge in [-0.2, -0.15) is 15.5 Å². The van der Waals surface area contributed by atoms with E-state index in [9.17, 15) is 10.1 Å². The Morgan fingerprint density at radius 2 is 2.07 bits per heavy atom. The van der Waals surface area contributed by atoms with E-state index < -0.39 is 5.41 Å². The van der Waals surface area contributed by atoms with Crippen LogP contribution in [-0.2, 0) is 11.8 Å². The summed E-state index contributed by atoms with van der Waals surface area (Å²) in [5.41, 5.74) is 2.81. The molecule has 0 bridgehead atoms. The van der Waals surface area contributed by atoms with E-state index in [0.717, 1.165) is 35.2 Å². The van der Waals surface area contributed by atoms with Crippen LogP contribution in [0.4, 0.5) is 5.69 Å². The summed E-state index contributed by atoms with van der Waals surface area (Å²) < 4.78 is 3.55. The predicted octanol–water partition coefficient (Wildman–Crippen LogP) is 2.78. The zero-order valence-corrected chi connectivity index (χ0v) is 15.3. The van der Waals surface area contributed by atoms with Gasteiger partial charge in [0.15, 0.2) is 0 Å². The van der Waals surface area contributed by atoms with Crippen molar-refractivity contribution in [3.63, 3.8) is 0 Å². The molecule has 1 aliphatic carbocycles. The molecule has 3 aromatic rings. The molecule has 2 aliphatic rings. The Labute approximate surface area is 156 Å². The van der Waals surface area contributed by atoms with Gasteiger partial charge < -0.3 is 4.90 Å². The van der Waals surface area contributed by atoms with Gasteiger partial charge in [-0.25, -0.2) is 4.52 Å². The van der Waals surface area contributed by atoms with Crippen LogP contribution in [0.2, 0.25) is 0 Å². The van der Waals surface area contributed by atoms with Crippen molar-refractivity contribution in [2.24, 2.45) is 18.4 Å². The largest absolute Gasteiger partial charge is 0.306 e. The molecule has 0 unspecified atom stereocenters. The number of carbonyl (C=O) groups is 1. The van der Waals surface area contributed by atoms with Gasteiger partial charge >= 0.3 is 0 Å². The Morgan fingerprint density at radius 3 is 2.74 bits per heavy atom. The second-order valence-corrected chi connectivity index (χ2v) is 7.76. The molecule has 2 fully saturated rings. The minimum Gasteiger partial charge on any atom is -0.306 e. The molecule has 136 valence electrons. The summed E-state index contributed by atoms with van der Waals surface area (Å²) in [6.45, 7) is 2.03. The van der Waals surface area contributed by atoms with E-state index in [4.69, 9.17) is 0 Å². The van der Waals surface area contributed by atoms with E-state index >= 15 is 0 Å². The molecule has 1 saturated heterocycles. The Morgan fingerprint density at radius 1 is 1.26 bits per heavy atom. The summed E-state index contributed by atoms with van der Waals surface area (Å²) in [5, 5.41) is 18.5. The van der Waals surface area contributed by atoms with Gasteiger partial charge in [0.2, 0.25) is 5.91 Å². The summed E-state index contributed by atoms with van der Waals surface area (Å²) in [5.74, 6) is 0.148. The maximum absolute atomic E-state index is 13.3. The van der Waals surface area contributed by atoms with Gasteiger partial charge in [-0.3, -0.25) is 9.48 Å². The van der Waals surface area contributed by atoms with Crippen molar-refractivity contribution in [2.45, 2.75) is 32.2 Å². The molecule has 1 amide bonds. The molecule has 0 N–H and O–H groups in total. The normalized spacial score (nSPS) is 25.3. The first-order chi connectivity index (χ1) is 13.0. The molecule has 4 heterocycles. The van der Waals surface area contributed by atoms with Crippen molar-refractivity contribution < 1.29 is 4.79 Å². The topological polar surface area (TPSA) is 79.2 Å². The monoisotopic (exact) mass is 360 g/mol. The quantitative estimate of drug-likeness (QED) is 0.719. The van der Waals surface area contributed by atoms with Gasteiger partial charge in [-0.05, 0) is 44.2 Å². The van der Waals surface area contributed by atoms with Crippen LogP contribution < -0.4 is 4.90 Å². The van der Waals surface area contributed by atoms with E-state index in [-0.39, 0.29) is 17.9 Å². The smallest absolute Gasteiger partial charge is 0.248 e. The Hall–Kier alpha value is -3.14. The number of aryl methyl sites for hydroxylation is 1. The summed E-state index contributed by atoms with van der Waals surface area (Å²) in [6, 6.07) is 6.27. The lowest BCUT2D eigenvalue weighted by atomic mass is 9.81. The molecule has 1 saturated carbocycles. The van der Waals surface area contributed by atoms with E-state index in [2.05, 4.69) is 16.3 Å². The van der Waals surface area contributed by atoms with Crippen LogP contribution in [0.15, 0.2) is 36.9 Å². The number of nitriles is 1. The van der Waals surface area contributed by atoms with Gasteiger partial charge in [0.25, 0.3) is 0 Å². The maximum Gasteiger partial charge on any atom is 0.248 e. The molecular formula is C20H20N6O. The summed E-state index contributed by atoms with van der Waals surface area (Å²) in [6.07, 6.45) is 9.96. The Kier molecular flexibility index (Phi) is 3.23. The van der Waals surface area contributed by atoms with Crippen LogP contribution in [0.1, 0.15) is 26.2 Å². The first-order valence-corrected chi connectivity index (χ1v) is 9.25. The molecular weight excluding hydrogens is 340 g/mol. The van der Waals surface area contributed by atoms with Crippen LogP contribution in [0.25, 0.3) is 16.6 Å². The van der Waals surface area contributed by atoms with Gasteiger partial charge in [-0.15, -0.1) is 0 Å². The van der Waals surface area contributed by atoms with Crippen LogP contribution in [0, 0.1) is 22.7 Å². The van der Waals surface area contributed by atoms with Crippen LogP contribution in [0.5, 0.6) is 0 Å². The lowest BCUT2D eigenvalue weighted by molar-refractivity contribution is -0.123. The van der Waals surface area contributed by atoms with Crippen molar-refractivity contribution >= 4 is 17.1 Å². The summed E-state index contributed by atoms with van der Waals surface area (Å²) in [7, 11) is 1.88. The fraction of sp³-hybridized carbons (Fsp3) is 0.400. The van der Waals surface area contributed by atoms with Gasteiger partial charge in [-0.1, -0.05) is 0 Å². The highest BCUT2D eigenvalue weighted by Crippen LogP contribution is 2.54. The molecule has 7 nitrogen and oxygen atoms in total. The van der Waals surface area contributed by atoms with Gasteiger partial charge in [0.05, 0.1) is 23.5 Å². The van der Waals surface area contributed by atoms with E-state index in [1.165, 1.54) is 0 Å². The molecule has 0 radical (unpaired) electrons. The average Bonchev–Trinajstić information content (AvgIpc) is 3.17. The number of aromatic nitrogens is 4. The zero-order chi connectivity index (χ0) is 18.8. The highest BCUT2D eigenvalue weighted by molar-refractivity contribution is 6.05. The number of amides is 1. The number of carbonyl (C=O) groups excluding carboxylic acids is 1. The minimum atomic E-state index is -0.863. The van der Waals surface area contributed by atoms with Gasteiger partial charge in [0.1, 0.15) is 5.41 Å². The molecule has 0 aromatic carbocycles. The van der Waals surface area contributed by atoms with Crippen LogP contribution in [-0.4, -0.2) is 31.3 Å². The molecule has 7 heteroatoms. The number of anilines is 1. The number of rotatable bonds is 3. The molecule has 0 spiro atoms. The van der Waals surface area contributed by atoms with Crippen LogP contribution >= 0.6 is 0 Å². The second kappa shape index (κ2) is 5.43. The Bertz CT molecular complexity index is 1100. The second-order valence-electron chi connectivity index (χ2n) is 7.76. The fourth-order valence-electron chi connectivity index (χ4n) is 4.44. The van der Waals surface area contributed by atoms with Crippen molar-refractivity contribution in [2.75, 3.05) is 4.90 Å². The third-order valence-electron chi connectivity index (χ3n) is 5.92. The standard InChI is InChI=1S/C20H20N6O/c1-13-8-20(12-21,16-3-4-16)19(27)26(13)17-5-6-22-25-11-14(7-18(17)25)15-9-23-24(2)10-15/h5-7,9-11,13,16H,3-4,8H2,1-2H3/t13-,20-/m1/s1. The highest BCUT2D eigenvalue weighted by atomic mass is 16.2. The van der Waals surface area contributed by atoms with Gasteiger partial charge in [0, 0.05) is 42.8 Å². The number of fused-ring (bicyclic) bond motifs is 1. The van der Waals surface area contributed by atoms with Crippen molar-refractivity contribution in [3.8, 4) is 17.2 Å². The van der Waals surface area contributed by atoms with E-state index in [0.29, 0.717) is 6.42 Å². The van der Waals surface area contributed by atoms with Crippen molar-refractivity contribution in [1.29, 1.82) is 5.26 Å². The minimum absolute atomic E-state index is 0.0132. The fourth-order valence-corrected chi connectivity index (χ4v) is 4.44. The SMILES string of the molecule is C[C@@H]1C[C@@](C#N)(C2CC2)C(=O)N1c1ccnn2cc(-c3cnn(C)c3)cc12. The third-order valence-corrected chi connectivity index (χ3v) is 5.92. The number of hydrogen-bond acceptors (Lipinski definition) is 4. The molecule has 27 heavy (non-hydrogen) atoms. The predicted molar refractivity (Wildman–Crippen MR) is 99.7 cm³/mol. The van der Waals surface area contributed by atoms with Crippen molar-refractivity contribution in [3.05, 3.63) is 36.9 Å². The lowest BCUT2D eigenvalue weighted by Gasteiger charge is -2.23. The first kappa shape index (κ1) is 16.1. The average molecular weight is 360 g/mol. The summed E-state index contributed by atoms with van der Waals surface area (Å²) >= 11 is 0. The van der Waals surface area contributed by atoms with E-state index in [1.807, 2.05) is 49.6 Å². The number of hydrogen-bond donors (Lipinski definition) is 0. The first-order valence-electron chi connectivity index (χ1n) is 9.25. The Balaban J connectivity index is 1.62. The number of nitrogens with zero attached hydrogens (tertiary/aromatic N) is 6. The van der Waals surface area contributed by atoms with Crippen molar-refractivity contribution in [1.82, 2.24) is 19.4 Å². The molecule has 1 aliphatic heterocycles.